The lowest BCUT2D eigenvalue weighted by Crippen LogP contribution is -2.21. The van der Waals surface area contributed by atoms with Gasteiger partial charge in [-0.25, -0.2) is 0 Å². The summed E-state index contributed by atoms with van der Waals surface area (Å²) in [5.74, 6) is 0.976. The molecule has 1 atom stereocenters. The molecule has 0 saturated heterocycles. The Morgan fingerprint density at radius 3 is 2.33 bits per heavy atom. The van der Waals surface area contributed by atoms with Crippen molar-refractivity contribution in [3.63, 3.8) is 0 Å². The molecular formula is C16H27NO. The van der Waals surface area contributed by atoms with Crippen molar-refractivity contribution in [3.8, 4) is 5.75 Å². The Morgan fingerprint density at radius 2 is 1.78 bits per heavy atom. The van der Waals surface area contributed by atoms with Crippen LogP contribution in [0.4, 0.5) is 0 Å². The van der Waals surface area contributed by atoms with Gasteiger partial charge < -0.3 is 10.1 Å². The molecule has 1 aromatic carbocycles. The van der Waals surface area contributed by atoms with E-state index in [0.29, 0.717) is 6.04 Å². The molecule has 2 nitrogen and oxygen atoms in total. The lowest BCUT2D eigenvalue weighted by Gasteiger charge is -2.17. The zero-order valence-electron chi connectivity index (χ0n) is 12.0. The first-order valence-corrected chi connectivity index (χ1v) is 7.27. The van der Waals surface area contributed by atoms with E-state index in [0.717, 1.165) is 31.7 Å². The molecule has 0 bridgehead atoms. The Balaban J connectivity index is 2.52. The summed E-state index contributed by atoms with van der Waals surface area (Å²) >= 11 is 0. The predicted molar refractivity (Wildman–Crippen MR) is 78.2 cm³/mol. The lowest BCUT2D eigenvalue weighted by molar-refractivity contribution is 0.317. The van der Waals surface area contributed by atoms with E-state index in [1.807, 2.05) is 0 Å². The van der Waals surface area contributed by atoms with Gasteiger partial charge in [0.25, 0.3) is 0 Å². The molecule has 0 aliphatic heterocycles. The van der Waals surface area contributed by atoms with Crippen LogP contribution in [0.25, 0.3) is 0 Å². The zero-order chi connectivity index (χ0) is 13.2. The molecule has 1 unspecified atom stereocenters. The largest absolute Gasteiger partial charge is 0.494 e. The number of benzene rings is 1. The van der Waals surface area contributed by atoms with Gasteiger partial charge in [0.05, 0.1) is 6.61 Å². The van der Waals surface area contributed by atoms with Gasteiger partial charge in [-0.3, -0.25) is 0 Å². The first kappa shape index (κ1) is 15.0. The average molecular weight is 249 g/mol. The minimum absolute atomic E-state index is 0.469. The molecule has 0 spiro atoms. The molecule has 0 radical (unpaired) electrons. The van der Waals surface area contributed by atoms with Crippen LogP contribution >= 0.6 is 0 Å². The Hall–Kier alpha value is -1.02. The molecule has 1 rings (SSSR count). The highest BCUT2D eigenvalue weighted by Crippen LogP contribution is 2.20. The van der Waals surface area contributed by atoms with Crippen molar-refractivity contribution >= 4 is 0 Å². The Bertz CT molecular complexity index is 307. The van der Waals surface area contributed by atoms with Crippen molar-refractivity contribution in [1.82, 2.24) is 5.32 Å². The van der Waals surface area contributed by atoms with Gasteiger partial charge in [0, 0.05) is 6.04 Å². The number of nitrogens with one attached hydrogen (secondary N) is 1. The minimum Gasteiger partial charge on any atom is -0.494 e. The van der Waals surface area contributed by atoms with Crippen LogP contribution in [0.5, 0.6) is 5.75 Å². The van der Waals surface area contributed by atoms with Crippen LogP contribution in [0, 0.1) is 0 Å². The van der Waals surface area contributed by atoms with E-state index in [1.54, 1.807) is 0 Å². The first-order valence-electron chi connectivity index (χ1n) is 7.27. The molecule has 0 aliphatic rings. The second-order valence-electron chi connectivity index (χ2n) is 4.69. The van der Waals surface area contributed by atoms with Crippen LogP contribution in [0.2, 0.25) is 0 Å². The molecule has 0 heterocycles. The molecule has 0 amide bonds. The van der Waals surface area contributed by atoms with Crippen LogP contribution < -0.4 is 10.1 Å². The molecule has 2 heteroatoms. The van der Waals surface area contributed by atoms with Crippen molar-refractivity contribution in [2.24, 2.45) is 0 Å². The van der Waals surface area contributed by atoms with Crippen LogP contribution in [-0.2, 0) is 0 Å². The van der Waals surface area contributed by atoms with E-state index in [-0.39, 0.29) is 0 Å². The summed E-state index contributed by atoms with van der Waals surface area (Å²) in [4.78, 5) is 0. The highest BCUT2D eigenvalue weighted by Gasteiger charge is 2.07. The van der Waals surface area contributed by atoms with Gasteiger partial charge in [0.15, 0.2) is 0 Å². The standard InChI is InChI=1S/C16H27NO/c1-4-7-12-17-16(6-3)14-8-10-15(11-9-14)18-13-5-2/h8-11,16-17H,4-7,12-13H2,1-3H3. The Labute approximate surface area is 112 Å². The van der Waals surface area contributed by atoms with Gasteiger partial charge in [-0.05, 0) is 43.5 Å². The van der Waals surface area contributed by atoms with E-state index >= 15 is 0 Å². The molecule has 0 aromatic heterocycles. The van der Waals surface area contributed by atoms with Gasteiger partial charge in [0.1, 0.15) is 5.75 Å². The summed E-state index contributed by atoms with van der Waals surface area (Å²) in [5, 5.41) is 3.61. The lowest BCUT2D eigenvalue weighted by atomic mass is 10.0. The van der Waals surface area contributed by atoms with Crippen LogP contribution in [-0.4, -0.2) is 13.2 Å². The number of rotatable bonds is 9. The predicted octanol–water partition coefficient (Wildman–Crippen LogP) is 4.32. The van der Waals surface area contributed by atoms with Gasteiger partial charge >= 0.3 is 0 Å². The van der Waals surface area contributed by atoms with E-state index in [9.17, 15) is 0 Å². The summed E-state index contributed by atoms with van der Waals surface area (Å²) in [6, 6.07) is 8.98. The highest BCUT2D eigenvalue weighted by molar-refractivity contribution is 5.29. The monoisotopic (exact) mass is 249 g/mol. The summed E-state index contributed by atoms with van der Waals surface area (Å²) in [5.41, 5.74) is 1.36. The van der Waals surface area contributed by atoms with Crippen molar-refractivity contribution < 1.29 is 4.74 Å². The second kappa shape index (κ2) is 8.98. The molecule has 0 fully saturated rings. The summed E-state index contributed by atoms with van der Waals surface area (Å²) in [6.07, 6.45) is 4.66. The maximum Gasteiger partial charge on any atom is 0.119 e. The van der Waals surface area contributed by atoms with Gasteiger partial charge in [-0.2, -0.15) is 0 Å². The van der Waals surface area contributed by atoms with E-state index in [1.165, 1.54) is 18.4 Å². The molecule has 0 aliphatic carbocycles. The van der Waals surface area contributed by atoms with Crippen LogP contribution in [0.15, 0.2) is 24.3 Å². The number of hydrogen-bond donors (Lipinski definition) is 1. The third-order valence-corrected chi connectivity index (χ3v) is 3.08. The molecule has 102 valence electrons. The molecule has 0 saturated carbocycles. The summed E-state index contributed by atoms with van der Waals surface area (Å²) in [7, 11) is 0. The van der Waals surface area contributed by atoms with E-state index < -0.39 is 0 Å². The van der Waals surface area contributed by atoms with Crippen molar-refractivity contribution in [2.75, 3.05) is 13.2 Å². The maximum atomic E-state index is 5.60. The maximum absolute atomic E-state index is 5.60. The molecule has 1 aromatic rings. The fourth-order valence-corrected chi connectivity index (χ4v) is 1.97. The first-order chi connectivity index (χ1) is 8.81. The summed E-state index contributed by atoms with van der Waals surface area (Å²) in [6.45, 7) is 8.47. The third kappa shape index (κ3) is 5.09. The Kier molecular flexibility index (Phi) is 7.51. The fourth-order valence-electron chi connectivity index (χ4n) is 1.97. The highest BCUT2D eigenvalue weighted by atomic mass is 16.5. The van der Waals surface area contributed by atoms with Gasteiger partial charge in [0.2, 0.25) is 0 Å². The molecule has 18 heavy (non-hydrogen) atoms. The Morgan fingerprint density at radius 1 is 1.06 bits per heavy atom. The second-order valence-corrected chi connectivity index (χ2v) is 4.69. The quantitative estimate of drug-likeness (QED) is 0.658. The van der Waals surface area contributed by atoms with Gasteiger partial charge in [-0.15, -0.1) is 0 Å². The van der Waals surface area contributed by atoms with Crippen molar-refractivity contribution in [1.29, 1.82) is 0 Å². The normalized spacial score (nSPS) is 12.4. The van der Waals surface area contributed by atoms with E-state index in [2.05, 4.69) is 50.4 Å². The molecule has 1 N–H and O–H groups in total. The number of hydrogen-bond acceptors (Lipinski definition) is 2. The molecular weight excluding hydrogens is 222 g/mol. The van der Waals surface area contributed by atoms with Crippen molar-refractivity contribution in [2.45, 2.75) is 52.5 Å². The average Bonchev–Trinajstić information content (AvgIpc) is 2.42. The topological polar surface area (TPSA) is 21.3 Å². The van der Waals surface area contributed by atoms with Gasteiger partial charge in [-0.1, -0.05) is 39.3 Å². The van der Waals surface area contributed by atoms with E-state index in [4.69, 9.17) is 4.74 Å². The number of ether oxygens (including phenoxy) is 1. The minimum atomic E-state index is 0.469. The summed E-state index contributed by atoms with van der Waals surface area (Å²) < 4.78 is 5.60. The third-order valence-electron chi connectivity index (χ3n) is 3.08. The SMILES string of the molecule is CCCCNC(CC)c1ccc(OCCC)cc1. The smallest absolute Gasteiger partial charge is 0.119 e. The van der Waals surface area contributed by atoms with Crippen molar-refractivity contribution in [3.05, 3.63) is 29.8 Å². The van der Waals surface area contributed by atoms with Crippen LogP contribution in [0.3, 0.4) is 0 Å². The number of unbranched alkanes of at least 4 members (excludes halogenated alkanes) is 1. The fraction of sp³-hybridized carbons (Fsp3) is 0.625. The van der Waals surface area contributed by atoms with Crippen LogP contribution in [0.1, 0.15) is 58.1 Å². The zero-order valence-corrected chi connectivity index (χ0v) is 12.0.